The van der Waals surface area contributed by atoms with Gasteiger partial charge in [0.2, 0.25) is 6.79 Å². The molecule has 5 nitrogen and oxygen atoms in total. The quantitative estimate of drug-likeness (QED) is 0.412. The van der Waals surface area contributed by atoms with E-state index in [9.17, 15) is 5.11 Å². The van der Waals surface area contributed by atoms with Gasteiger partial charge in [0.15, 0.2) is 11.5 Å². The zero-order valence-electron chi connectivity index (χ0n) is 19.9. The summed E-state index contributed by atoms with van der Waals surface area (Å²) in [6, 6.07) is 22.2. The van der Waals surface area contributed by atoms with Gasteiger partial charge >= 0.3 is 0 Å². The Labute approximate surface area is 206 Å². The highest BCUT2D eigenvalue weighted by molar-refractivity contribution is 6.00. The van der Waals surface area contributed by atoms with Crippen molar-refractivity contribution in [3.05, 3.63) is 83.4 Å². The molecule has 2 fully saturated rings. The van der Waals surface area contributed by atoms with Crippen LogP contribution in [0.1, 0.15) is 42.4 Å². The third kappa shape index (κ3) is 4.87. The normalized spacial score (nSPS) is 17.9. The molecule has 1 saturated heterocycles. The average molecular weight is 470 g/mol. The number of fused-ring (bicyclic) bond motifs is 1. The number of likely N-dealkylation sites (tertiary alicyclic amines) is 1. The second kappa shape index (κ2) is 9.67. The maximum Gasteiger partial charge on any atom is 0.231 e. The molecule has 1 saturated carbocycles. The van der Waals surface area contributed by atoms with Crippen LogP contribution in [0.15, 0.2) is 66.7 Å². The lowest BCUT2D eigenvalue weighted by Gasteiger charge is -2.18. The number of hydrogen-bond donors (Lipinski definition) is 1. The summed E-state index contributed by atoms with van der Waals surface area (Å²) in [5, 5.41) is 9.92. The monoisotopic (exact) mass is 469 g/mol. The van der Waals surface area contributed by atoms with E-state index in [1.165, 1.54) is 49.9 Å². The lowest BCUT2D eigenvalue weighted by atomic mass is 9.87. The number of hydrogen-bond acceptors (Lipinski definition) is 5. The van der Waals surface area contributed by atoms with Crippen LogP contribution in [0.3, 0.4) is 0 Å². The lowest BCUT2D eigenvalue weighted by Crippen LogP contribution is -2.25. The number of ether oxygens (including phenoxy) is 3. The third-order valence-corrected chi connectivity index (χ3v) is 7.11. The molecule has 0 atom stereocenters. The first-order valence-electron chi connectivity index (χ1n) is 12.6. The van der Waals surface area contributed by atoms with Gasteiger partial charge in [0, 0.05) is 6.54 Å². The van der Waals surface area contributed by atoms with E-state index in [0.717, 1.165) is 40.5 Å². The number of rotatable bonds is 8. The van der Waals surface area contributed by atoms with Crippen molar-refractivity contribution in [2.45, 2.75) is 25.7 Å². The van der Waals surface area contributed by atoms with Crippen molar-refractivity contribution in [3.63, 3.8) is 0 Å². The average Bonchev–Trinajstić information content (AvgIpc) is 3.36. The molecule has 3 aliphatic rings. The highest BCUT2D eigenvalue weighted by Crippen LogP contribution is 2.49. The number of nitrogens with zero attached hydrogens (tertiary/aromatic N) is 1. The summed E-state index contributed by atoms with van der Waals surface area (Å²) in [5.74, 6) is 3.26. The zero-order chi connectivity index (χ0) is 23.6. The minimum absolute atomic E-state index is 0.269. The van der Waals surface area contributed by atoms with Gasteiger partial charge in [0.1, 0.15) is 18.1 Å². The standard InChI is InChI=1S/C30H31NO4/c32-25-10-5-22(6-11-25)29(23-7-12-26(13-8-23)33-18-17-31-15-1-2-16-31)30(21-3-4-21)24-9-14-27-28(19-24)35-20-34-27/h5-14,19,21,32H,1-4,15-18,20H2/b30-29+. The fourth-order valence-corrected chi connectivity index (χ4v) is 5.14. The first kappa shape index (κ1) is 22.1. The van der Waals surface area contributed by atoms with E-state index in [-0.39, 0.29) is 12.5 Å². The fourth-order valence-electron chi connectivity index (χ4n) is 5.14. The third-order valence-electron chi connectivity index (χ3n) is 7.11. The minimum atomic E-state index is 0.269. The molecule has 0 radical (unpaired) electrons. The van der Waals surface area contributed by atoms with Crippen LogP contribution in [0, 0.1) is 5.92 Å². The molecule has 5 heteroatoms. The van der Waals surface area contributed by atoms with Crippen molar-refractivity contribution >= 4 is 11.1 Å². The molecular formula is C30H31NO4. The van der Waals surface area contributed by atoms with Crippen molar-refractivity contribution in [1.29, 1.82) is 0 Å². The van der Waals surface area contributed by atoms with Gasteiger partial charge in [-0.05, 0) is 109 Å². The highest BCUT2D eigenvalue weighted by Gasteiger charge is 2.31. The van der Waals surface area contributed by atoms with Gasteiger partial charge in [-0.2, -0.15) is 0 Å². The lowest BCUT2D eigenvalue weighted by molar-refractivity contribution is 0.174. The van der Waals surface area contributed by atoms with Crippen LogP contribution in [0.2, 0.25) is 0 Å². The van der Waals surface area contributed by atoms with Crippen molar-refractivity contribution in [3.8, 4) is 23.0 Å². The summed E-state index contributed by atoms with van der Waals surface area (Å²) in [6.07, 6.45) is 4.94. The Morgan fingerprint density at radius 1 is 0.829 bits per heavy atom. The molecule has 0 bridgehead atoms. The molecule has 1 aliphatic carbocycles. The summed E-state index contributed by atoms with van der Waals surface area (Å²) < 4.78 is 17.3. The summed E-state index contributed by atoms with van der Waals surface area (Å²) >= 11 is 0. The van der Waals surface area contributed by atoms with Gasteiger partial charge in [-0.3, -0.25) is 4.90 Å². The molecule has 1 N–H and O–H groups in total. The smallest absolute Gasteiger partial charge is 0.231 e. The van der Waals surface area contributed by atoms with Crippen molar-refractivity contribution in [2.75, 3.05) is 33.0 Å². The summed E-state index contributed by atoms with van der Waals surface area (Å²) in [4.78, 5) is 2.47. The Balaban J connectivity index is 1.35. The van der Waals surface area contributed by atoms with Crippen LogP contribution in [-0.2, 0) is 0 Å². The second-order valence-corrected chi connectivity index (χ2v) is 9.60. The molecule has 2 heterocycles. The van der Waals surface area contributed by atoms with Crippen molar-refractivity contribution in [1.82, 2.24) is 4.90 Å². The summed E-state index contributed by atoms with van der Waals surface area (Å²) in [7, 11) is 0. The molecule has 35 heavy (non-hydrogen) atoms. The topological polar surface area (TPSA) is 51.2 Å². The first-order valence-corrected chi connectivity index (χ1v) is 12.6. The van der Waals surface area contributed by atoms with Crippen LogP contribution in [0.5, 0.6) is 23.0 Å². The molecule has 0 aromatic heterocycles. The number of benzene rings is 3. The van der Waals surface area contributed by atoms with Gasteiger partial charge in [-0.15, -0.1) is 0 Å². The minimum Gasteiger partial charge on any atom is -0.508 e. The molecular weight excluding hydrogens is 438 g/mol. The van der Waals surface area contributed by atoms with Crippen LogP contribution in [0.25, 0.3) is 11.1 Å². The molecule has 3 aromatic rings. The van der Waals surface area contributed by atoms with E-state index >= 15 is 0 Å². The Morgan fingerprint density at radius 3 is 2.20 bits per heavy atom. The van der Waals surface area contributed by atoms with Crippen LogP contribution < -0.4 is 14.2 Å². The zero-order valence-corrected chi connectivity index (χ0v) is 19.9. The van der Waals surface area contributed by atoms with E-state index < -0.39 is 0 Å². The number of allylic oxidation sites excluding steroid dienone is 1. The Hall–Kier alpha value is -3.44. The van der Waals surface area contributed by atoms with Gasteiger partial charge in [0.25, 0.3) is 0 Å². The number of phenolic OH excluding ortho intramolecular Hbond substituents is 1. The molecule has 0 unspecified atom stereocenters. The van der Waals surface area contributed by atoms with E-state index in [0.29, 0.717) is 12.5 Å². The second-order valence-electron chi connectivity index (χ2n) is 9.60. The largest absolute Gasteiger partial charge is 0.508 e. The molecule has 2 aliphatic heterocycles. The van der Waals surface area contributed by atoms with E-state index in [1.807, 2.05) is 18.2 Å². The van der Waals surface area contributed by atoms with Crippen molar-refractivity contribution in [2.24, 2.45) is 5.92 Å². The van der Waals surface area contributed by atoms with E-state index in [4.69, 9.17) is 14.2 Å². The maximum atomic E-state index is 9.92. The highest BCUT2D eigenvalue weighted by atomic mass is 16.7. The Bertz CT molecular complexity index is 1210. The van der Waals surface area contributed by atoms with Crippen molar-refractivity contribution < 1.29 is 19.3 Å². The van der Waals surface area contributed by atoms with Gasteiger partial charge in [-0.25, -0.2) is 0 Å². The Kier molecular flexibility index (Phi) is 6.09. The van der Waals surface area contributed by atoms with Crippen LogP contribution >= 0.6 is 0 Å². The Morgan fingerprint density at radius 2 is 1.49 bits per heavy atom. The predicted molar refractivity (Wildman–Crippen MR) is 137 cm³/mol. The number of phenols is 1. The molecule has 6 rings (SSSR count). The number of aromatic hydroxyl groups is 1. The van der Waals surface area contributed by atoms with Gasteiger partial charge in [-0.1, -0.05) is 30.3 Å². The maximum absolute atomic E-state index is 9.92. The fraction of sp³-hybridized carbons (Fsp3) is 0.333. The van der Waals surface area contributed by atoms with E-state index in [1.54, 1.807) is 12.1 Å². The molecule has 0 amide bonds. The van der Waals surface area contributed by atoms with Gasteiger partial charge in [0.05, 0.1) is 0 Å². The van der Waals surface area contributed by atoms with Gasteiger partial charge < -0.3 is 19.3 Å². The predicted octanol–water partition coefficient (Wildman–Crippen LogP) is 5.96. The molecule has 180 valence electrons. The molecule has 0 spiro atoms. The van der Waals surface area contributed by atoms with Crippen LogP contribution in [0.4, 0.5) is 0 Å². The molecule has 3 aromatic carbocycles. The van der Waals surface area contributed by atoms with Crippen LogP contribution in [-0.4, -0.2) is 43.0 Å². The summed E-state index contributed by atoms with van der Waals surface area (Å²) in [6.45, 7) is 4.34. The SMILES string of the molecule is Oc1ccc(/C(=C(\c2ccc3c(c2)OCO3)C2CC2)c2ccc(OCCN3CCCC3)cc2)cc1. The summed E-state index contributed by atoms with van der Waals surface area (Å²) in [5.41, 5.74) is 5.89. The van der Waals surface area contributed by atoms with E-state index in [2.05, 4.69) is 41.3 Å². The first-order chi connectivity index (χ1) is 17.2.